The molecule has 0 aliphatic carbocycles. The maximum atomic E-state index is 5.31. The van der Waals surface area contributed by atoms with E-state index in [0.29, 0.717) is 4.83 Å². The molecule has 0 N–H and O–H groups in total. The lowest BCUT2D eigenvalue weighted by Gasteiger charge is -2.07. The molecule has 1 nitrogen and oxygen atoms in total. The minimum absolute atomic E-state index is 0.327. The van der Waals surface area contributed by atoms with E-state index in [-0.39, 0.29) is 0 Å². The summed E-state index contributed by atoms with van der Waals surface area (Å²) in [5.41, 5.74) is 3.85. The number of alkyl halides is 1. The molecule has 1 heterocycles. The van der Waals surface area contributed by atoms with Gasteiger partial charge in [0.25, 0.3) is 0 Å². The van der Waals surface area contributed by atoms with E-state index in [1.807, 2.05) is 13.2 Å². The minimum Gasteiger partial charge on any atom is -0.469 e. The number of hydrogen-bond donors (Lipinski definition) is 0. The van der Waals surface area contributed by atoms with Crippen molar-refractivity contribution in [3.05, 3.63) is 59.0 Å². The van der Waals surface area contributed by atoms with Gasteiger partial charge in [0.05, 0.1) is 6.26 Å². The summed E-state index contributed by atoms with van der Waals surface area (Å²) in [6.07, 6.45) is 2.81. The van der Waals surface area contributed by atoms with E-state index in [1.165, 1.54) is 16.7 Å². The quantitative estimate of drug-likeness (QED) is 0.750. The molecular weight excluding hydrogens is 264 g/mol. The van der Waals surface area contributed by atoms with Crippen LogP contribution in [0.15, 0.2) is 41.0 Å². The largest absolute Gasteiger partial charge is 0.469 e. The Bertz CT molecular complexity index is 456. The highest BCUT2D eigenvalue weighted by molar-refractivity contribution is 9.09. The Kier molecular flexibility index (Phi) is 3.49. The predicted molar refractivity (Wildman–Crippen MR) is 70.0 cm³/mol. The number of benzene rings is 1. The van der Waals surface area contributed by atoms with Crippen molar-refractivity contribution >= 4 is 15.9 Å². The van der Waals surface area contributed by atoms with Crippen LogP contribution in [-0.2, 0) is 6.42 Å². The first-order valence-electron chi connectivity index (χ1n) is 5.40. The van der Waals surface area contributed by atoms with Gasteiger partial charge in [-0.15, -0.1) is 0 Å². The van der Waals surface area contributed by atoms with Gasteiger partial charge in [0, 0.05) is 10.4 Å². The van der Waals surface area contributed by atoms with Crippen LogP contribution in [0.25, 0.3) is 0 Å². The van der Waals surface area contributed by atoms with Crippen molar-refractivity contribution in [2.75, 3.05) is 0 Å². The summed E-state index contributed by atoms with van der Waals surface area (Å²) in [4.78, 5) is 0.327. The van der Waals surface area contributed by atoms with Crippen molar-refractivity contribution in [3.63, 3.8) is 0 Å². The monoisotopic (exact) mass is 278 g/mol. The third kappa shape index (κ3) is 2.76. The molecule has 0 amide bonds. The zero-order chi connectivity index (χ0) is 11.5. The van der Waals surface area contributed by atoms with Crippen LogP contribution in [-0.4, -0.2) is 0 Å². The van der Waals surface area contributed by atoms with Crippen LogP contribution in [0.2, 0.25) is 0 Å². The van der Waals surface area contributed by atoms with Gasteiger partial charge in [0.15, 0.2) is 0 Å². The SMILES string of the molecule is Cc1ccc(CC(Br)c2coc(C)c2)cc1. The number of hydrogen-bond acceptors (Lipinski definition) is 1. The van der Waals surface area contributed by atoms with Crippen molar-refractivity contribution in [3.8, 4) is 0 Å². The molecule has 0 fully saturated rings. The number of aryl methyl sites for hydroxylation is 2. The summed E-state index contributed by atoms with van der Waals surface area (Å²) >= 11 is 3.69. The molecule has 2 heteroatoms. The standard InChI is InChI=1S/C14H15BrO/c1-10-3-5-12(6-4-10)8-14(15)13-7-11(2)16-9-13/h3-7,9,14H,8H2,1-2H3. The Balaban J connectivity index is 2.07. The van der Waals surface area contributed by atoms with E-state index in [1.54, 1.807) is 0 Å². The summed E-state index contributed by atoms with van der Waals surface area (Å²) in [5, 5.41) is 0. The van der Waals surface area contributed by atoms with E-state index < -0.39 is 0 Å². The van der Waals surface area contributed by atoms with Gasteiger partial charge in [0.1, 0.15) is 5.76 Å². The summed E-state index contributed by atoms with van der Waals surface area (Å²) in [5.74, 6) is 0.961. The van der Waals surface area contributed by atoms with Crippen LogP contribution >= 0.6 is 15.9 Å². The highest BCUT2D eigenvalue weighted by Crippen LogP contribution is 2.28. The summed E-state index contributed by atoms with van der Waals surface area (Å²) < 4.78 is 5.31. The Hall–Kier alpha value is -1.02. The molecule has 0 aliphatic heterocycles. The molecule has 16 heavy (non-hydrogen) atoms. The molecule has 84 valence electrons. The molecule has 1 aromatic carbocycles. The van der Waals surface area contributed by atoms with Crippen molar-refractivity contribution in [2.45, 2.75) is 25.1 Å². The molecule has 0 aliphatic rings. The first-order valence-corrected chi connectivity index (χ1v) is 6.31. The van der Waals surface area contributed by atoms with Gasteiger partial charge < -0.3 is 4.42 Å². The Morgan fingerprint density at radius 2 is 1.88 bits per heavy atom. The average molecular weight is 279 g/mol. The topological polar surface area (TPSA) is 13.1 Å². The highest BCUT2D eigenvalue weighted by atomic mass is 79.9. The third-order valence-corrected chi connectivity index (χ3v) is 3.50. The molecule has 0 bridgehead atoms. The molecule has 0 spiro atoms. The van der Waals surface area contributed by atoms with Gasteiger partial charge in [-0.25, -0.2) is 0 Å². The highest BCUT2D eigenvalue weighted by Gasteiger charge is 2.10. The third-order valence-electron chi connectivity index (χ3n) is 2.65. The van der Waals surface area contributed by atoms with Crippen LogP contribution < -0.4 is 0 Å². The van der Waals surface area contributed by atoms with Crippen molar-refractivity contribution in [2.24, 2.45) is 0 Å². The first-order chi connectivity index (χ1) is 7.65. The molecule has 0 radical (unpaired) electrons. The van der Waals surface area contributed by atoms with Crippen molar-refractivity contribution in [1.29, 1.82) is 0 Å². The maximum Gasteiger partial charge on any atom is 0.101 e. The van der Waals surface area contributed by atoms with Gasteiger partial charge in [0.2, 0.25) is 0 Å². The lowest BCUT2D eigenvalue weighted by Crippen LogP contribution is -1.93. The second-order valence-electron chi connectivity index (χ2n) is 4.15. The molecule has 0 saturated carbocycles. The Morgan fingerprint density at radius 1 is 1.19 bits per heavy atom. The molecular formula is C14H15BrO. The zero-order valence-corrected chi connectivity index (χ0v) is 11.1. The van der Waals surface area contributed by atoms with Gasteiger partial charge in [-0.1, -0.05) is 45.8 Å². The number of rotatable bonds is 3. The van der Waals surface area contributed by atoms with Gasteiger partial charge >= 0.3 is 0 Å². The van der Waals surface area contributed by atoms with Crippen LogP contribution in [0.3, 0.4) is 0 Å². The Morgan fingerprint density at radius 3 is 2.44 bits per heavy atom. The van der Waals surface area contributed by atoms with Crippen LogP contribution in [0.5, 0.6) is 0 Å². The first kappa shape index (κ1) is 11.5. The summed E-state index contributed by atoms with van der Waals surface area (Å²) in [6, 6.07) is 10.7. The second kappa shape index (κ2) is 4.88. The fourth-order valence-corrected chi connectivity index (χ4v) is 2.29. The molecule has 2 aromatic rings. The zero-order valence-electron chi connectivity index (χ0n) is 9.53. The van der Waals surface area contributed by atoms with Crippen molar-refractivity contribution in [1.82, 2.24) is 0 Å². The summed E-state index contributed by atoms with van der Waals surface area (Å²) in [7, 11) is 0. The lowest BCUT2D eigenvalue weighted by atomic mass is 10.1. The molecule has 1 unspecified atom stereocenters. The second-order valence-corrected chi connectivity index (χ2v) is 5.25. The fourth-order valence-electron chi connectivity index (χ4n) is 1.68. The molecule has 0 saturated heterocycles. The number of furan rings is 1. The minimum atomic E-state index is 0.327. The molecule has 2 rings (SSSR count). The van der Waals surface area contributed by atoms with E-state index >= 15 is 0 Å². The number of halogens is 1. The van der Waals surface area contributed by atoms with E-state index in [9.17, 15) is 0 Å². The summed E-state index contributed by atoms with van der Waals surface area (Å²) in [6.45, 7) is 4.07. The van der Waals surface area contributed by atoms with Crippen LogP contribution in [0.1, 0.15) is 27.3 Å². The fraction of sp³-hybridized carbons (Fsp3) is 0.286. The van der Waals surface area contributed by atoms with E-state index in [0.717, 1.165) is 12.2 Å². The lowest BCUT2D eigenvalue weighted by molar-refractivity contribution is 0.531. The van der Waals surface area contributed by atoms with E-state index in [4.69, 9.17) is 4.42 Å². The smallest absolute Gasteiger partial charge is 0.101 e. The van der Waals surface area contributed by atoms with Crippen LogP contribution in [0, 0.1) is 13.8 Å². The van der Waals surface area contributed by atoms with E-state index in [2.05, 4.69) is 53.2 Å². The normalized spacial score (nSPS) is 12.7. The predicted octanol–water partition coefficient (Wildman–Crippen LogP) is 4.58. The average Bonchev–Trinajstić information content (AvgIpc) is 2.68. The van der Waals surface area contributed by atoms with Crippen LogP contribution in [0.4, 0.5) is 0 Å². The van der Waals surface area contributed by atoms with Gasteiger partial charge in [-0.05, 0) is 31.9 Å². The van der Waals surface area contributed by atoms with Gasteiger partial charge in [-0.3, -0.25) is 0 Å². The molecule has 1 atom stereocenters. The van der Waals surface area contributed by atoms with Gasteiger partial charge in [-0.2, -0.15) is 0 Å². The van der Waals surface area contributed by atoms with Crippen molar-refractivity contribution < 1.29 is 4.42 Å². The maximum absolute atomic E-state index is 5.31. The molecule has 1 aromatic heterocycles. The Labute approximate surface area is 105 Å².